The van der Waals surface area contributed by atoms with Gasteiger partial charge >= 0.3 is 0 Å². The van der Waals surface area contributed by atoms with Crippen molar-refractivity contribution in [1.82, 2.24) is 14.9 Å². The van der Waals surface area contributed by atoms with E-state index in [1.54, 1.807) is 0 Å². The molecule has 2 aromatic rings. The summed E-state index contributed by atoms with van der Waals surface area (Å²) in [6.45, 7) is 0. The quantitative estimate of drug-likeness (QED) is 0.842. The molecule has 2 unspecified atom stereocenters. The summed E-state index contributed by atoms with van der Waals surface area (Å²) in [5.41, 5.74) is 3.29. The lowest BCUT2D eigenvalue weighted by molar-refractivity contribution is 0.160. The Bertz CT molecular complexity index is 594. The molecule has 3 nitrogen and oxygen atoms in total. The molecule has 2 bridgehead atoms. The number of rotatable bonds is 2. The van der Waals surface area contributed by atoms with E-state index >= 15 is 0 Å². The Morgan fingerprint density at radius 3 is 2.29 bits per heavy atom. The molecule has 2 aliphatic rings. The third kappa shape index (κ3) is 2.36. The molecule has 0 spiro atoms. The van der Waals surface area contributed by atoms with Crippen molar-refractivity contribution in [2.75, 3.05) is 7.05 Å². The van der Waals surface area contributed by atoms with E-state index in [1.165, 1.54) is 31.4 Å². The van der Waals surface area contributed by atoms with E-state index in [2.05, 4.69) is 29.1 Å². The Kier molecular flexibility index (Phi) is 3.23. The summed E-state index contributed by atoms with van der Waals surface area (Å²) in [7, 11) is 2.28. The second-order valence-electron chi connectivity index (χ2n) is 6.41. The number of benzene rings is 1. The smallest absolute Gasteiger partial charge is 0.0885 e. The summed E-state index contributed by atoms with van der Waals surface area (Å²) in [6, 6.07) is 11.8. The number of fused-ring (bicyclic) bond motifs is 2. The first-order valence-corrected chi connectivity index (χ1v) is 7.90. The largest absolute Gasteiger partial charge is 0.300 e. The first-order valence-electron chi connectivity index (χ1n) is 7.90. The van der Waals surface area contributed by atoms with Crippen LogP contribution in [0.3, 0.4) is 0 Å². The molecule has 2 aliphatic heterocycles. The first kappa shape index (κ1) is 13.0. The molecule has 3 heteroatoms. The third-order valence-corrected chi connectivity index (χ3v) is 5.26. The van der Waals surface area contributed by atoms with Gasteiger partial charge in [-0.3, -0.25) is 9.97 Å². The van der Waals surface area contributed by atoms with E-state index < -0.39 is 0 Å². The van der Waals surface area contributed by atoms with E-state index in [0.717, 1.165) is 23.3 Å². The van der Waals surface area contributed by atoms with Crippen LogP contribution in [0.1, 0.15) is 37.3 Å². The molecule has 1 aromatic carbocycles. The molecule has 4 rings (SSSR count). The van der Waals surface area contributed by atoms with Gasteiger partial charge in [-0.2, -0.15) is 0 Å². The summed E-state index contributed by atoms with van der Waals surface area (Å²) in [5, 5.41) is 0. The van der Waals surface area contributed by atoms with Crippen LogP contribution in [0.15, 0.2) is 42.7 Å². The van der Waals surface area contributed by atoms with E-state index in [9.17, 15) is 0 Å². The third-order valence-electron chi connectivity index (χ3n) is 5.26. The van der Waals surface area contributed by atoms with Gasteiger partial charge in [-0.25, -0.2) is 0 Å². The Hall–Kier alpha value is -1.74. The van der Waals surface area contributed by atoms with Crippen LogP contribution in [0.5, 0.6) is 0 Å². The Morgan fingerprint density at radius 1 is 0.952 bits per heavy atom. The van der Waals surface area contributed by atoms with Crippen LogP contribution in [-0.2, 0) is 0 Å². The predicted molar refractivity (Wildman–Crippen MR) is 84.0 cm³/mol. The van der Waals surface area contributed by atoms with Crippen molar-refractivity contribution in [3.05, 3.63) is 48.4 Å². The minimum atomic E-state index is 0.594. The van der Waals surface area contributed by atoms with Crippen molar-refractivity contribution < 1.29 is 0 Å². The van der Waals surface area contributed by atoms with Gasteiger partial charge in [0.05, 0.1) is 17.6 Å². The molecule has 2 saturated heterocycles. The highest BCUT2D eigenvalue weighted by atomic mass is 15.2. The normalized spacial score (nSPS) is 28.7. The van der Waals surface area contributed by atoms with Gasteiger partial charge in [-0.15, -0.1) is 0 Å². The van der Waals surface area contributed by atoms with Crippen LogP contribution in [0, 0.1) is 0 Å². The predicted octanol–water partition coefficient (Wildman–Crippen LogP) is 3.48. The van der Waals surface area contributed by atoms with Crippen LogP contribution in [0.2, 0.25) is 0 Å². The first-order chi connectivity index (χ1) is 10.3. The highest BCUT2D eigenvalue weighted by Crippen LogP contribution is 2.41. The van der Waals surface area contributed by atoms with Crippen molar-refractivity contribution in [3.8, 4) is 11.3 Å². The lowest BCUT2D eigenvalue weighted by Crippen LogP contribution is -2.39. The van der Waals surface area contributed by atoms with Crippen molar-refractivity contribution in [3.63, 3.8) is 0 Å². The Labute approximate surface area is 126 Å². The zero-order valence-electron chi connectivity index (χ0n) is 12.4. The molecule has 2 atom stereocenters. The second-order valence-corrected chi connectivity index (χ2v) is 6.41. The van der Waals surface area contributed by atoms with Gasteiger partial charge in [-0.05, 0) is 32.7 Å². The molecule has 108 valence electrons. The number of aromatic nitrogens is 2. The number of nitrogens with zero attached hydrogens (tertiary/aromatic N) is 3. The molecule has 1 aromatic heterocycles. The number of hydrogen-bond donors (Lipinski definition) is 0. The molecule has 3 heterocycles. The van der Waals surface area contributed by atoms with Gasteiger partial charge in [0.1, 0.15) is 0 Å². The Balaban J connectivity index is 1.55. The molecule has 0 N–H and O–H groups in total. The molecule has 0 amide bonds. The van der Waals surface area contributed by atoms with Gasteiger partial charge in [-0.1, -0.05) is 30.3 Å². The average molecular weight is 279 g/mol. The zero-order valence-corrected chi connectivity index (χ0v) is 12.4. The maximum atomic E-state index is 4.72. The fourth-order valence-corrected chi connectivity index (χ4v) is 3.96. The molecule has 0 aliphatic carbocycles. The fraction of sp³-hybridized carbons (Fsp3) is 0.444. The summed E-state index contributed by atoms with van der Waals surface area (Å²) in [4.78, 5) is 11.9. The topological polar surface area (TPSA) is 29.0 Å². The fourth-order valence-electron chi connectivity index (χ4n) is 3.96. The minimum absolute atomic E-state index is 0.594. The number of hydrogen-bond acceptors (Lipinski definition) is 3. The van der Waals surface area contributed by atoms with Crippen LogP contribution in [-0.4, -0.2) is 34.0 Å². The van der Waals surface area contributed by atoms with Gasteiger partial charge < -0.3 is 4.90 Å². The van der Waals surface area contributed by atoms with Gasteiger partial charge in [0.15, 0.2) is 0 Å². The van der Waals surface area contributed by atoms with Crippen LogP contribution < -0.4 is 0 Å². The molecule has 2 fully saturated rings. The maximum absolute atomic E-state index is 4.72. The Morgan fingerprint density at radius 2 is 1.67 bits per heavy atom. The van der Waals surface area contributed by atoms with Crippen molar-refractivity contribution in [1.29, 1.82) is 0 Å². The average Bonchev–Trinajstić information content (AvgIpc) is 2.77. The van der Waals surface area contributed by atoms with E-state index in [0.29, 0.717) is 5.92 Å². The highest BCUT2D eigenvalue weighted by Gasteiger charge is 2.39. The van der Waals surface area contributed by atoms with Crippen molar-refractivity contribution >= 4 is 0 Å². The van der Waals surface area contributed by atoms with E-state index in [-0.39, 0.29) is 0 Å². The second kappa shape index (κ2) is 5.23. The van der Waals surface area contributed by atoms with Crippen LogP contribution in [0.4, 0.5) is 0 Å². The molecular formula is C18H21N3. The monoisotopic (exact) mass is 279 g/mol. The summed E-state index contributed by atoms with van der Waals surface area (Å²) in [6.07, 6.45) is 9.13. The highest BCUT2D eigenvalue weighted by molar-refractivity contribution is 5.57. The van der Waals surface area contributed by atoms with Gasteiger partial charge in [0, 0.05) is 29.8 Å². The standard InChI is InChI=1S/C18H21N3/c1-21-15-7-8-16(21)10-14(9-15)18-12-19-17(11-20-18)13-5-3-2-4-6-13/h2-6,11-12,14-16H,7-10H2,1H3. The van der Waals surface area contributed by atoms with Crippen LogP contribution in [0.25, 0.3) is 11.3 Å². The van der Waals surface area contributed by atoms with Crippen molar-refractivity contribution in [2.24, 2.45) is 0 Å². The molecular weight excluding hydrogens is 258 g/mol. The molecule has 0 radical (unpaired) electrons. The lowest BCUT2D eigenvalue weighted by Gasteiger charge is -2.35. The van der Waals surface area contributed by atoms with E-state index in [4.69, 9.17) is 4.98 Å². The van der Waals surface area contributed by atoms with Gasteiger partial charge in [0.25, 0.3) is 0 Å². The minimum Gasteiger partial charge on any atom is -0.300 e. The molecule has 0 saturated carbocycles. The molecule has 21 heavy (non-hydrogen) atoms. The van der Waals surface area contributed by atoms with Gasteiger partial charge in [0.2, 0.25) is 0 Å². The zero-order chi connectivity index (χ0) is 14.2. The summed E-state index contributed by atoms with van der Waals surface area (Å²) >= 11 is 0. The van der Waals surface area contributed by atoms with E-state index in [1.807, 2.05) is 30.6 Å². The number of piperidine rings is 1. The summed E-state index contributed by atoms with van der Waals surface area (Å²) in [5.74, 6) is 0.594. The summed E-state index contributed by atoms with van der Waals surface area (Å²) < 4.78 is 0. The maximum Gasteiger partial charge on any atom is 0.0885 e. The van der Waals surface area contributed by atoms with Crippen molar-refractivity contribution in [2.45, 2.75) is 43.7 Å². The lowest BCUT2D eigenvalue weighted by atomic mass is 9.88. The van der Waals surface area contributed by atoms with Crippen LogP contribution >= 0.6 is 0 Å². The SMILES string of the molecule is CN1C2CCC1CC(c1cnc(-c3ccccc3)cn1)C2.